The van der Waals surface area contributed by atoms with Crippen molar-refractivity contribution in [3.05, 3.63) is 39.9 Å². The van der Waals surface area contributed by atoms with E-state index in [2.05, 4.69) is 0 Å². The normalized spacial score (nSPS) is 12.5. The SMILES string of the molecule is C/C(=C/Cl)CS(=O)(=O)c1cc(C(=O)O)c(C)cc1C. The summed E-state index contributed by atoms with van der Waals surface area (Å²) < 4.78 is 24.4. The van der Waals surface area contributed by atoms with E-state index in [9.17, 15) is 13.2 Å². The lowest BCUT2D eigenvalue weighted by Gasteiger charge is -2.11. The number of carboxylic acid groups (broad SMARTS) is 1. The van der Waals surface area contributed by atoms with E-state index in [1.165, 1.54) is 11.6 Å². The van der Waals surface area contributed by atoms with Crippen molar-refractivity contribution in [2.24, 2.45) is 0 Å². The fourth-order valence-electron chi connectivity index (χ4n) is 1.81. The molecule has 1 aromatic rings. The zero-order chi connectivity index (χ0) is 14.8. The molecule has 4 nitrogen and oxygen atoms in total. The molecule has 0 aromatic heterocycles. The Balaban J connectivity index is 3.43. The molecule has 0 aliphatic heterocycles. The van der Waals surface area contributed by atoms with Crippen LogP contribution in [0.1, 0.15) is 28.4 Å². The Morgan fingerprint density at radius 3 is 2.37 bits per heavy atom. The second-order valence-corrected chi connectivity index (χ2v) is 6.63. The molecule has 0 saturated carbocycles. The summed E-state index contributed by atoms with van der Waals surface area (Å²) in [7, 11) is -3.59. The first kappa shape index (κ1) is 15.7. The van der Waals surface area contributed by atoms with Gasteiger partial charge in [0.25, 0.3) is 0 Å². The number of carbonyl (C=O) groups is 1. The Bertz CT molecular complexity index is 645. The van der Waals surface area contributed by atoms with Gasteiger partial charge in [0.1, 0.15) is 0 Å². The minimum Gasteiger partial charge on any atom is -0.478 e. The maximum Gasteiger partial charge on any atom is 0.335 e. The first-order valence-corrected chi connectivity index (χ1v) is 7.61. The molecule has 0 fully saturated rings. The molecule has 0 amide bonds. The zero-order valence-electron chi connectivity index (χ0n) is 10.9. The maximum atomic E-state index is 12.2. The van der Waals surface area contributed by atoms with Crippen LogP contribution in [-0.4, -0.2) is 25.2 Å². The van der Waals surface area contributed by atoms with Crippen LogP contribution < -0.4 is 0 Å². The lowest BCUT2D eigenvalue weighted by atomic mass is 10.1. The first-order chi connectivity index (χ1) is 8.69. The Hall–Kier alpha value is -1.33. The molecular weight excluding hydrogens is 288 g/mol. The lowest BCUT2D eigenvalue weighted by molar-refractivity contribution is 0.0696. The van der Waals surface area contributed by atoms with Crippen molar-refractivity contribution >= 4 is 27.4 Å². The molecule has 6 heteroatoms. The summed E-state index contributed by atoms with van der Waals surface area (Å²) in [4.78, 5) is 11.1. The molecule has 1 aromatic carbocycles. The van der Waals surface area contributed by atoms with Crippen LogP contribution in [0.25, 0.3) is 0 Å². The van der Waals surface area contributed by atoms with Crippen LogP contribution in [0.15, 0.2) is 28.1 Å². The standard InChI is InChI=1S/C13H15ClO4S/c1-8(6-14)7-19(17,18)12-5-11(13(15)16)9(2)4-10(12)3/h4-6H,7H2,1-3H3,(H,15,16)/b8-6-. The molecule has 0 spiro atoms. The van der Waals surface area contributed by atoms with Crippen LogP contribution in [0, 0.1) is 13.8 Å². The number of hydrogen-bond donors (Lipinski definition) is 1. The second-order valence-electron chi connectivity index (χ2n) is 4.45. The fourth-order valence-corrected chi connectivity index (χ4v) is 3.66. The Morgan fingerprint density at radius 1 is 1.32 bits per heavy atom. The summed E-state index contributed by atoms with van der Waals surface area (Å²) in [6, 6.07) is 2.78. The summed E-state index contributed by atoms with van der Waals surface area (Å²) in [5.74, 6) is -1.36. The van der Waals surface area contributed by atoms with Crippen molar-refractivity contribution in [2.75, 3.05) is 5.75 Å². The van der Waals surface area contributed by atoms with E-state index in [0.29, 0.717) is 16.7 Å². The third-order valence-corrected chi connectivity index (χ3v) is 5.01. The minimum absolute atomic E-state index is 0.00307. The summed E-state index contributed by atoms with van der Waals surface area (Å²) >= 11 is 5.47. The molecule has 0 aliphatic rings. The summed E-state index contributed by atoms with van der Waals surface area (Å²) in [6.45, 7) is 4.88. The van der Waals surface area contributed by atoms with Crippen molar-refractivity contribution in [3.63, 3.8) is 0 Å². The van der Waals surface area contributed by atoms with Gasteiger partial charge in [-0.3, -0.25) is 0 Å². The topological polar surface area (TPSA) is 71.4 Å². The molecule has 0 radical (unpaired) electrons. The van der Waals surface area contributed by atoms with E-state index in [-0.39, 0.29) is 16.2 Å². The third-order valence-electron chi connectivity index (χ3n) is 2.69. The van der Waals surface area contributed by atoms with E-state index in [0.717, 1.165) is 0 Å². The summed E-state index contributed by atoms with van der Waals surface area (Å²) in [6.07, 6.45) is 0. The highest BCUT2D eigenvalue weighted by atomic mass is 35.5. The molecule has 1 N–H and O–H groups in total. The third kappa shape index (κ3) is 3.58. The maximum absolute atomic E-state index is 12.2. The van der Waals surface area contributed by atoms with Gasteiger partial charge in [-0.2, -0.15) is 0 Å². The van der Waals surface area contributed by atoms with Gasteiger partial charge in [0.2, 0.25) is 0 Å². The fraction of sp³-hybridized carbons (Fsp3) is 0.308. The van der Waals surface area contributed by atoms with Gasteiger partial charge in [0.15, 0.2) is 9.84 Å². The predicted octanol–water partition coefficient (Wildman–Crippen LogP) is 2.92. The molecule has 0 heterocycles. The molecular formula is C13H15ClO4S. The molecule has 0 bridgehead atoms. The number of benzene rings is 1. The number of hydrogen-bond acceptors (Lipinski definition) is 3. The molecule has 0 atom stereocenters. The van der Waals surface area contributed by atoms with Crippen molar-refractivity contribution in [2.45, 2.75) is 25.7 Å². The molecule has 19 heavy (non-hydrogen) atoms. The van der Waals surface area contributed by atoms with E-state index < -0.39 is 15.8 Å². The number of rotatable bonds is 4. The Kier molecular flexibility index (Phi) is 4.76. The van der Waals surface area contributed by atoms with Gasteiger partial charge in [0.05, 0.1) is 16.2 Å². The van der Waals surface area contributed by atoms with Gasteiger partial charge in [-0.15, -0.1) is 0 Å². The number of carboxylic acids is 1. The minimum atomic E-state index is -3.59. The number of aromatic carboxylic acids is 1. The van der Waals surface area contributed by atoms with Crippen LogP contribution in [0.2, 0.25) is 0 Å². The molecule has 0 saturated heterocycles. The molecule has 0 unspecified atom stereocenters. The highest BCUT2D eigenvalue weighted by molar-refractivity contribution is 7.91. The van der Waals surface area contributed by atoms with Crippen LogP contribution in [0.5, 0.6) is 0 Å². The van der Waals surface area contributed by atoms with Gasteiger partial charge >= 0.3 is 5.97 Å². The average molecular weight is 303 g/mol. The highest BCUT2D eigenvalue weighted by Crippen LogP contribution is 2.23. The van der Waals surface area contributed by atoms with Crippen molar-refractivity contribution in [3.8, 4) is 0 Å². The lowest BCUT2D eigenvalue weighted by Crippen LogP contribution is -2.12. The smallest absolute Gasteiger partial charge is 0.335 e. The quantitative estimate of drug-likeness (QED) is 0.928. The predicted molar refractivity (Wildman–Crippen MR) is 74.5 cm³/mol. The molecule has 0 aliphatic carbocycles. The molecule has 1 rings (SSSR count). The van der Waals surface area contributed by atoms with E-state index >= 15 is 0 Å². The monoisotopic (exact) mass is 302 g/mol. The van der Waals surface area contributed by atoms with Crippen molar-refractivity contribution in [1.29, 1.82) is 0 Å². The number of sulfone groups is 1. The van der Waals surface area contributed by atoms with Crippen molar-refractivity contribution < 1.29 is 18.3 Å². The number of halogens is 1. The second kappa shape index (κ2) is 5.75. The van der Waals surface area contributed by atoms with Crippen LogP contribution >= 0.6 is 11.6 Å². The van der Waals surface area contributed by atoms with E-state index in [4.69, 9.17) is 16.7 Å². The van der Waals surface area contributed by atoms with E-state index in [1.54, 1.807) is 26.8 Å². The Morgan fingerprint density at radius 2 is 1.89 bits per heavy atom. The number of aryl methyl sites for hydroxylation is 2. The van der Waals surface area contributed by atoms with Crippen LogP contribution in [-0.2, 0) is 9.84 Å². The average Bonchev–Trinajstić information content (AvgIpc) is 2.27. The highest BCUT2D eigenvalue weighted by Gasteiger charge is 2.21. The zero-order valence-corrected chi connectivity index (χ0v) is 12.5. The van der Waals surface area contributed by atoms with Crippen LogP contribution in [0.3, 0.4) is 0 Å². The van der Waals surface area contributed by atoms with Gasteiger partial charge in [0, 0.05) is 5.54 Å². The van der Waals surface area contributed by atoms with Gasteiger partial charge in [-0.25, -0.2) is 13.2 Å². The largest absolute Gasteiger partial charge is 0.478 e. The van der Waals surface area contributed by atoms with Crippen LogP contribution in [0.4, 0.5) is 0 Å². The summed E-state index contributed by atoms with van der Waals surface area (Å²) in [5.41, 5.74) is 2.77. The first-order valence-electron chi connectivity index (χ1n) is 5.52. The molecule has 104 valence electrons. The van der Waals surface area contributed by atoms with Gasteiger partial charge < -0.3 is 5.11 Å². The van der Waals surface area contributed by atoms with Gasteiger partial charge in [-0.05, 0) is 43.5 Å². The Labute approximate surface area is 117 Å². The van der Waals surface area contributed by atoms with Crippen molar-refractivity contribution in [1.82, 2.24) is 0 Å². The van der Waals surface area contributed by atoms with E-state index in [1.807, 2.05) is 0 Å². The summed E-state index contributed by atoms with van der Waals surface area (Å²) in [5, 5.41) is 9.05. The van der Waals surface area contributed by atoms with Gasteiger partial charge in [-0.1, -0.05) is 17.7 Å².